The first-order valence-corrected chi connectivity index (χ1v) is 10.2. The molecule has 0 spiro atoms. The lowest BCUT2D eigenvalue weighted by molar-refractivity contribution is -0.131. The van der Waals surface area contributed by atoms with Crippen molar-refractivity contribution in [2.45, 2.75) is 62.3 Å². The van der Waals surface area contributed by atoms with Gasteiger partial charge < -0.3 is 14.4 Å². The van der Waals surface area contributed by atoms with Crippen LogP contribution in [-0.4, -0.2) is 48.2 Å². The first-order chi connectivity index (χ1) is 14.5. The molecule has 2 fully saturated rings. The van der Waals surface area contributed by atoms with Gasteiger partial charge in [0, 0.05) is 0 Å². The number of nitriles is 2. The van der Waals surface area contributed by atoms with Crippen LogP contribution in [0, 0.1) is 35.0 Å². The summed E-state index contributed by atoms with van der Waals surface area (Å²) in [5.41, 5.74) is -0.775. The summed E-state index contributed by atoms with van der Waals surface area (Å²) in [6.45, 7) is -0.00603. The summed E-state index contributed by atoms with van der Waals surface area (Å²) in [6.07, 6.45) is 9.33. The summed E-state index contributed by atoms with van der Waals surface area (Å²) < 4.78 is 11.2. The van der Waals surface area contributed by atoms with E-state index < -0.39 is 11.6 Å². The van der Waals surface area contributed by atoms with Gasteiger partial charge in [0.25, 0.3) is 0 Å². The fourth-order valence-electron chi connectivity index (χ4n) is 4.16. The van der Waals surface area contributed by atoms with E-state index in [1.165, 1.54) is 4.90 Å². The molecule has 1 aliphatic carbocycles. The minimum Gasteiger partial charge on any atom is -0.497 e. The lowest BCUT2D eigenvalue weighted by Gasteiger charge is -2.36. The third kappa shape index (κ3) is 4.67. The SMILES string of the molecule is C#C[C@@H]1CC[C@@H](C#N)N1C(=O)CNC1(C#N)CCC(Oc2ccc(OC)cc2)CC1. The number of terminal acetylenes is 1. The summed E-state index contributed by atoms with van der Waals surface area (Å²) in [4.78, 5) is 14.2. The minimum absolute atomic E-state index is 0.00603. The van der Waals surface area contributed by atoms with Gasteiger partial charge in [-0.1, -0.05) is 5.92 Å². The van der Waals surface area contributed by atoms with Gasteiger partial charge in [0.2, 0.25) is 5.91 Å². The Labute approximate surface area is 177 Å². The molecule has 7 nitrogen and oxygen atoms in total. The second-order valence-corrected chi connectivity index (χ2v) is 7.75. The number of nitrogens with zero attached hydrogens (tertiary/aromatic N) is 3. The van der Waals surface area contributed by atoms with Crippen LogP contribution < -0.4 is 14.8 Å². The van der Waals surface area contributed by atoms with Gasteiger partial charge in [-0.2, -0.15) is 10.5 Å². The van der Waals surface area contributed by atoms with E-state index in [1.54, 1.807) is 7.11 Å². The molecule has 1 heterocycles. The van der Waals surface area contributed by atoms with Crippen molar-refractivity contribution in [1.82, 2.24) is 10.2 Å². The number of nitrogens with one attached hydrogen (secondary N) is 1. The van der Waals surface area contributed by atoms with E-state index in [9.17, 15) is 15.3 Å². The van der Waals surface area contributed by atoms with Crippen molar-refractivity contribution >= 4 is 5.91 Å². The van der Waals surface area contributed by atoms with E-state index in [1.807, 2.05) is 24.3 Å². The van der Waals surface area contributed by atoms with Gasteiger partial charge in [0.1, 0.15) is 23.1 Å². The highest BCUT2D eigenvalue weighted by Crippen LogP contribution is 2.31. The minimum atomic E-state index is -0.775. The third-order valence-corrected chi connectivity index (χ3v) is 5.95. The number of carbonyl (C=O) groups excluding carboxylic acids is 1. The highest BCUT2D eigenvalue weighted by Gasteiger charge is 2.39. The molecule has 0 bridgehead atoms. The summed E-state index contributed by atoms with van der Waals surface area (Å²) in [6, 6.07) is 11.1. The van der Waals surface area contributed by atoms with Gasteiger partial charge in [0.05, 0.1) is 37.9 Å². The Morgan fingerprint density at radius 3 is 2.37 bits per heavy atom. The average molecular weight is 406 g/mol. The number of ether oxygens (including phenoxy) is 2. The molecule has 1 saturated carbocycles. The average Bonchev–Trinajstić information content (AvgIpc) is 3.22. The number of hydrogen-bond acceptors (Lipinski definition) is 6. The molecule has 1 aromatic rings. The van der Waals surface area contributed by atoms with E-state index in [2.05, 4.69) is 23.4 Å². The number of amides is 1. The number of rotatable bonds is 6. The fourth-order valence-corrected chi connectivity index (χ4v) is 4.16. The van der Waals surface area contributed by atoms with Gasteiger partial charge in [-0.25, -0.2) is 0 Å². The molecule has 1 amide bonds. The zero-order chi connectivity index (χ0) is 21.6. The van der Waals surface area contributed by atoms with Crippen molar-refractivity contribution in [3.8, 4) is 36.0 Å². The Hall–Kier alpha value is -3.21. The molecular formula is C23H26N4O3. The number of benzene rings is 1. The highest BCUT2D eigenvalue weighted by atomic mass is 16.5. The highest BCUT2D eigenvalue weighted by molar-refractivity contribution is 5.80. The van der Waals surface area contributed by atoms with Crippen molar-refractivity contribution in [2.75, 3.05) is 13.7 Å². The maximum atomic E-state index is 12.7. The second-order valence-electron chi connectivity index (χ2n) is 7.75. The van der Waals surface area contributed by atoms with Crippen LogP contribution in [0.2, 0.25) is 0 Å². The monoisotopic (exact) mass is 406 g/mol. The quantitative estimate of drug-likeness (QED) is 0.729. The maximum absolute atomic E-state index is 12.7. The van der Waals surface area contributed by atoms with E-state index in [0.29, 0.717) is 38.5 Å². The van der Waals surface area contributed by atoms with Crippen LogP contribution in [0.3, 0.4) is 0 Å². The smallest absolute Gasteiger partial charge is 0.238 e. The third-order valence-electron chi connectivity index (χ3n) is 5.95. The van der Waals surface area contributed by atoms with Crippen molar-refractivity contribution < 1.29 is 14.3 Å². The number of methoxy groups -OCH3 is 1. The molecule has 0 radical (unpaired) electrons. The van der Waals surface area contributed by atoms with Gasteiger partial charge in [-0.15, -0.1) is 6.42 Å². The molecule has 3 rings (SSSR count). The van der Waals surface area contributed by atoms with E-state index >= 15 is 0 Å². The molecular weight excluding hydrogens is 380 g/mol. The molecule has 156 valence electrons. The maximum Gasteiger partial charge on any atom is 0.238 e. The van der Waals surface area contributed by atoms with Crippen LogP contribution in [0.4, 0.5) is 0 Å². The molecule has 1 aliphatic heterocycles. The molecule has 2 atom stereocenters. The van der Waals surface area contributed by atoms with Crippen molar-refractivity contribution in [2.24, 2.45) is 0 Å². The van der Waals surface area contributed by atoms with Gasteiger partial charge in [-0.3, -0.25) is 10.1 Å². The Morgan fingerprint density at radius 2 is 1.80 bits per heavy atom. The van der Waals surface area contributed by atoms with Crippen molar-refractivity contribution in [1.29, 1.82) is 10.5 Å². The standard InChI is InChI=1S/C23H26N4O3/c1-3-17-4-5-18(14-24)27(17)22(28)15-26-23(16-25)12-10-21(11-13-23)30-20-8-6-19(29-2)7-9-20/h1,6-9,17-18,21,26H,4-5,10-13,15H2,2H3/t17-,18+,21?,23?/m1/s1. The summed E-state index contributed by atoms with van der Waals surface area (Å²) in [5.74, 6) is 3.90. The van der Waals surface area contributed by atoms with Gasteiger partial charge in [0.15, 0.2) is 0 Å². The number of likely N-dealkylation sites (tertiary alicyclic amines) is 1. The Bertz CT molecular complexity index is 848. The lowest BCUT2D eigenvalue weighted by Crippen LogP contribution is -2.53. The molecule has 1 N–H and O–H groups in total. The van der Waals surface area contributed by atoms with Crippen LogP contribution in [-0.2, 0) is 4.79 Å². The molecule has 0 unspecified atom stereocenters. The van der Waals surface area contributed by atoms with E-state index in [0.717, 1.165) is 11.5 Å². The molecule has 1 aromatic carbocycles. The van der Waals surface area contributed by atoms with Crippen LogP contribution in [0.1, 0.15) is 38.5 Å². The lowest BCUT2D eigenvalue weighted by atomic mass is 9.81. The molecule has 1 saturated heterocycles. The fraction of sp³-hybridized carbons (Fsp3) is 0.522. The predicted molar refractivity (Wildman–Crippen MR) is 110 cm³/mol. The van der Waals surface area contributed by atoms with Crippen LogP contribution in [0.15, 0.2) is 24.3 Å². The normalized spacial score (nSPS) is 28.1. The summed E-state index contributed by atoms with van der Waals surface area (Å²) in [5, 5.41) is 22.2. The molecule has 0 aromatic heterocycles. The summed E-state index contributed by atoms with van der Waals surface area (Å²) in [7, 11) is 1.62. The van der Waals surface area contributed by atoms with Crippen molar-refractivity contribution in [3.63, 3.8) is 0 Å². The van der Waals surface area contributed by atoms with E-state index in [-0.39, 0.29) is 24.6 Å². The Balaban J connectivity index is 1.53. The van der Waals surface area contributed by atoms with Gasteiger partial charge >= 0.3 is 0 Å². The number of carbonyl (C=O) groups is 1. The first kappa shape index (κ1) is 21.5. The molecule has 2 aliphatic rings. The summed E-state index contributed by atoms with van der Waals surface area (Å²) >= 11 is 0. The van der Waals surface area contributed by atoms with Crippen LogP contribution >= 0.6 is 0 Å². The largest absolute Gasteiger partial charge is 0.497 e. The Morgan fingerprint density at radius 1 is 1.17 bits per heavy atom. The number of hydrogen-bond donors (Lipinski definition) is 1. The van der Waals surface area contributed by atoms with Crippen LogP contribution in [0.25, 0.3) is 0 Å². The second kappa shape index (κ2) is 9.53. The first-order valence-electron chi connectivity index (χ1n) is 10.2. The zero-order valence-electron chi connectivity index (χ0n) is 17.1. The molecule has 30 heavy (non-hydrogen) atoms. The Kier molecular flexibility index (Phi) is 6.83. The van der Waals surface area contributed by atoms with Gasteiger partial charge in [-0.05, 0) is 62.8 Å². The van der Waals surface area contributed by atoms with E-state index in [4.69, 9.17) is 15.9 Å². The predicted octanol–water partition coefficient (Wildman–Crippen LogP) is 2.38. The zero-order valence-corrected chi connectivity index (χ0v) is 17.1. The van der Waals surface area contributed by atoms with Crippen LogP contribution in [0.5, 0.6) is 11.5 Å². The molecule has 7 heteroatoms. The topological polar surface area (TPSA) is 98.4 Å². The van der Waals surface area contributed by atoms with Crippen molar-refractivity contribution in [3.05, 3.63) is 24.3 Å².